The van der Waals surface area contributed by atoms with Crippen LogP contribution in [0.3, 0.4) is 0 Å². The third-order valence-corrected chi connectivity index (χ3v) is 5.14. The smallest absolute Gasteiger partial charge is 0.130 e. The summed E-state index contributed by atoms with van der Waals surface area (Å²) in [6.07, 6.45) is 2.25. The maximum atomic E-state index is 14.3. The normalized spacial score (nSPS) is 20.1. The van der Waals surface area contributed by atoms with Crippen molar-refractivity contribution in [2.24, 2.45) is 0 Å². The van der Waals surface area contributed by atoms with Crippen molar-refractivity contribution in [1.29, 1.82) is 0 Å². The lowest BCUT2D eigenvalue weighted by Crippen LogP contribution is -2.33. The van der Waals surface area contributed by atoms with E-state index in [2.05, 4.69) is 31.1 Å². The van der Waals surface area contributed by atoms with Gasteiger partial charge in [0.25, 0.3) is 0 Å². The van der Waals surface area contributed by atoms with E-state index in [4.69, 9.17) is 0 Å². The van der Waals surface area contributed by atoms with Crippen molar-refractivity contribution in [2.75, 3.05) is 30.0 Å². The van der Waals surface area contributed by atoms with Crippen molar-refractivity contribution in [3.63, 3.8) is 0 Å². The van der Waals surface area contributed by atoms with Gasteiger partial charge in [-0.05, 0) is 44.2 Å². The predicted molar refractivity (Wildman–Crippen MR) is 87.2 cm³/mol. The van der Waals surface area contributed by atoms with Gasteiger partial charge in [0.1, 0.15) is 5.82 Å². The van der Waals surface area contributed by atoms with Crippen LogP contribution in [0.4, 0.5) is 10.1 Å². The number of hydrogen-bond donors (Lipinski definition) is 1. The summed E-state index contributed by atoms with van der Waals surface area (Å²) in [6.45, 7) is 5.09. The van der Waals surface area contributed by atoms with Crippen LogP contribution in [0.2, 0.25) is 0 Å². The molecule has 112 valence electrons. The molecule has 4 heteroatoms. The number of anilines is 1. The monoisotopic (exact) mass is 296 g/mol. The highest BCUT2D eigenvalue weighted by atomic mass is 32.2. The molecule has 1 aromatic carbocycles. The number of hydrogen-bond acceptors (Lipinski definition) is 3. The Labute approximate surface area is 126 Å². The lowest BCUT2D eigenvalue weighted by Gasteiger charge is -2.30. The number of benzene rings is 1. The fraction of sp³-hybridized carbons (Fsp3) is 0.625. The summed E-state index contributed by atoms with van der Waals surface area (Å²) in [4.78, 5) is 2.27. The molecule has 1 aromatic rings. The summed E-state index contributed by atoms with van der Waals surface area (Å²) in [7, 11) is 2.10. The van der Waals surface area contributed by atoms with Gasteiger partial charge in [0.05, 0.1) is 0 Å². The highest BCUT2D eigenvalue weighted by Gasteiger charge is 2.24. The van der Waals surface area contributed by atoms with Gasteiger partial charge in [-0.1, -0.05) is 13.0 Å². The Hall–Kier alpha value is -0.740. The lowest BCUT2D eigenvalue weighted by atomic mass is 10.0. The van der Waals surface area contributed by atoms with Crippen molar-refractivity contribution in [3.05, 3.63) is 29.6 Å². The Morgan fingerprint density at radius 3 is 2.95 bits per heavy atom. The van der Waals surface area contributed by atoms with E-state index in [0.29, 0.717) is 6.04 Å². The molecule has 1 heterocycles. The number of nitrogens with zero attached hydrogens (tertiary/aromatic N) is 1. The van der Waals surface area contributed by atoms with Crippen molar-refractivity contribution in [1.82, 2.24) is 5.32 Å². The fourth-order valence-corrected chi connectivity index (χ4v) is 4.02. The number of nitrogens with one attached hydrogen (secondary N) is 1. The average Bonchev–Trinajstić information content (AvgIpc) is 2.97. The molecule has 2 rings (SSSR count). The molecule has 2 atom stereocenters. The minimum Gasteiger partial charge on any atom is -0.370 e. The molecule has 0 aromatic heterocycles. The summed E-state index contributed by atoms with van der Waals surface area (Å²) in [5.74, 6) is 2.25. The standard InChI is InChI=1S/C16H25FN2S/c1-4-9-18-12(2)16-14(17)6-5-7-15(16)19(3)13-8-10-20-11-13/h5-7,12-13,18H,4,8-11H2,1-3H3. The van der Waals surface area contributed by atoms with Crippen molar-refractivity contribution in [2.45, 2.75) is 38.8 Å². The summed E-state index contributed by atoms with van der Waals surface area (Å²) >= 11 is 1.99. The third-order valence-electron chi connectivity index (χ3n) is 4.00. The van der Waals surface area contributed by atoms with E-state index in [0.717, 1.165) is 30.0 Å². The highest BCUT2D eigenvalue weighted by Crippen LogP contribution is 2.32. The van der Waals surface area contributed by atoms with Crippen LogP contribution in [0.25, 0.3) is 0 Å². The zero-order valence-electron chi connectivity index (χ0n) is 12.7. The molecule has 2 unspecified atom stereocenters. The van der Waals surface area contributed by atoms with Crippen molar-refractivity contribution in [3.8, 4) is 0 Å². The summed E-state index contributed by atoms with van der Waals surface area (Å²) in [6, 6.07) is 6.01. The molecule has 1 N–H and O–H groups in total. The molecule has 1 fully saturated rings. The van der Waals surface area contributed by atoms with E-state index in [1.54, 1.807) is 6.07 Å². The van der Waals surface area contributed by atoms with Gasteiger partial charge in [-0.2, -0.15) is 11.8 Å². The zero-order chi connectivity index (χ0) is 14.5. The maximum Gasteiger partial charge on any atom is 0.130 e. The van der Waals surface area contributed by atoms with E-state index in [-0.39, 0.29) is 11.9 Å². The zero-order valence-corrected chi connectivity index (χ0v) is 13.5. The Morgan fingerprint density at radius 2 is 2.30 bits per heavy atom. The molecular formula is C16H25FN2S. The second kappa shape index (κ2) is 7.32. The third kappa shape index (κ3) is 3.47. The molecule has 1 aliphatic heterocycles. The Kier molecular flexibility index (Phi) is 5.73. The van der Waals surface area contributed by atoms with Gasteiger partial charge >= 0.3 is 0 Å². The van der Waals surface area contributed by atoms with Crippen LogP contribution < -0.4 is 10.2 Å². The molecule has 0 spiro atoms. The van der Waals surface area contributed by atoms with Crippen LogP contribution in [-0.2, 0) is 0 Å². The Balaban J connectivity index is 2.25. The largest absolute Gasteiger partial charge is 0.370 e. The first-order valence-electron chi connectivity index (χ1n) is 7.47. The molecule has 0 radical (unpaired) electrons. The fourth-order valence-electron chi connectivity index (χ4n) is 2.75. The molecule has 1 saturated heterocycles. The van der Waals surface area contributed by atoms with E-state index in [9.17, 15) is 4.39 Å². The van der Waals surface area contributed by atoms with Gasteiger partial charge in [0, 0.05) is 36.1 Å². The van der Waals surface area contributed by atoms with Gasteiger partial charge in [-0.25, -0.2) is 4.39 Å². The minimum atomic E-state index is -0.101. The Bertz CT molecular complexity index is 432. The second-order valence-electron chi connectivity index (χ2n) is 5.48. The topological polar surface area (TPSA) is 15.3 Å². The van der Waals surface area contributed by atoms with Crippen LogP contribution in [0.1, 0.15) is 38.3 Å². The van der Waals surface area contributed by atoms with Gasteiger partial charge in [0.15, 0.2) is 0 Å². The molecule has 2 nitrogen and oxygen atoms in total. The molecule has 20 heavy (non-hydrogen) atoms. The van der Waals surface area contributed by atoms with Crippen molar-refractivity contribution >= 4 is 17.4 Å². The highest BCUT2D eigenvalue weighted by molar-refractivity contribution is 7.99. The van der Waals surface area contributed by atoms with Gasteiger partial charge < -0.3 is 10.2 Å². The van der Waals surface area contributed by atoms with Crippen LogP contribution >= 0.6 is 11.8 Å². The van der Waals surface area contributed by atoms with E-state index in [1.807, 2.05) is 23.9 Å². The first-order valence-corrected chi connectivity index (χ1v) is 8.63. The van der Waals surface area contributed by atoms with Crippen LogP contribution in [0.5, 0.6) is 0 Å². The molecule has 0 bridgehead atoms. The predicted octanol–water partition coefficient (Wildman–Crippen LogP) is 3.83. The molecule has 0 saturated carbocycles. The average molecular weight is 296 g/mol. The quantitative estimate of drug-likeness (QED) is 0.859. The summed E-state index contributed by atoms with van der Waals surface area (Å²) in [5.41, 5.74) is 1.84. The van der Waals surface area contributed by atoms with Gasteiger partial charge in [0.2, 0.25) is 0 Å². The first kappa shape index (κ1) is 15.6. The van der Waals surface area contributed by atoms with E-state index >= 15 is 0 Å². The minimum absolute atomic E-state index is 0.0441. The Morgan fingerprint density at radius 1 is 1.50 bits per heavy atom. The number of thioether (sulfide) groups is 1. The molecule has 1 aliphatic rings. The summed E-state index contributed by atoms with van der Waals surface area (Å²) in [5, 5.41) is 3.40. The lowest BCUT2D eigenvalue weighted by molar-refractivity contribution is 0.525. The molecule has 0 aliphatic carbocycles. The van der Waals surface area contributed by atoms with Gasteiger partial charge in [-0.15, -0.1) is 0 Å². The van der Waals surface area contributed by atoms with Gasteiger partial charge in [-0.3, -0.25) is 0 Å². The second-order valence-corrected chi connectivity index (χ2v) is 6.63. The maximum absolute atomic E-state index is 14.3. The summed E-state index contributed by atoms with van der Waals surface area (Å²) < 4.78 is 14.3. The number of rotatable bonds is 6. The van der Waals surface area contributed by atoms with Crippen LogP contribution in [0.15, 0.2) is 18.2 Å². The molecule has 0 amide bonds. The van der Waals surface area contributed by atoms with Crippen LogP contribution in [0, 0.1) is 5.82 Å². The van der Waals surface area contributed by atoms with E-state index in [1.165, 1.54) is 12.2 Å². The van der Waals surface area contributed by atoms with E-state index < -0.39 is 0 Å². The van der Waals surface area contributed by atoms with Crippen molar-refractivity contribution < 1.29 is 4.39 Å². The number of halogens is 1. The SMILES string of the molecule is CCCNC(C)c1c(F)cccc1N(C)C1CCSC1. The van der Waals surface area contributed by atoms with Crippen LogP contribution in [-0.4, -0.2) is 31.1 Å². The first-order chi connectivity index (χ1) is 9.65. The molecular weight excluding hydrogens is 271 g/mol.